The first-order chi connectivity index (χ1) is 5.04. The molecular weight excluding hydrogens is 150 g/mol. The average molecular weight is 159 g/mol. The van der Waals surface area contributed by atoms with E-state index in [1.807, 2.05) is 0 Å². The Kier molecular flexibility index (Phi) is 1.82. The summed E-state index contributed by atoms with van der Waals surface area (Å²) in [6.45, 7) is 1.50. The van der Waals surface area contributed by atoms with Crippen molar-refractivity contribution in [2.24, 2.45) is 0 Å². The predicted octanol–water partition coefficient (Wildman–Crippen LogP) is -0.354. The molecule has 2 N–H and O–H groups in total. The molecule has 0 aromatic heterocycles. The first-order valence-electron chi connectivity index (χ1n) is 3.27. The highest BCUT2D eigenvalue weighted by Gasteiger charge is 2.39. The molecule has 0 aliphatic carbocycles. The van der Waals surface area contributed by atoms with Gasteiger partial charge in [-0.05, 0) is 6.92 Å². The van der Waals surface area contributed by atoms with Crippen LogP contribution in [-0.4, -0.2) is 39.3 Å². The number of amides is 2. The third-order valence-corrected chi connectivity index (χ3v) is 1.82. The molecule has 0 unspecified atom stereocenters. The summed E-state index contributed by atoms with van der Waals surface area (Å²) in [7, 11) is 0. The van der Waals surface area contributed by atoms with Crippen molar-refractivity contribution < 1.29 is 19.8 Å². The van der Waals surface area contributed by atoms with Crippen LogP contribution in [0.15, 0.2) is 0 Å². The van der Waals surface area contributed by atoms with E-state index in [0.29, 0.717) is 4.90 Å². The topological polar surface area (TPSA) is 77.8 Å². The zero-order valence-corrected chi connectivity index (χ0v) is 6.02. The van der Waals surface area contributed by atoms with E-state index in [1.54, 1.807) is 0 Å². The second-order valence-electron chi connectivity index (χ2n) is 2.56. The fourth-order valence-corrected chi connectivity index (χ4v) is 1.13. The van der Waals surface area contributed by atoms with Crippen LogP contribution in [0.4, 0.5) is 4.79 Å². The van der Waals surface area contributed by atoms with E-state index in [2.05, 4.69) is 0 Å². The number of likely N-dealkylation sites (tertiary alicyclic amines) is 1. The highest BCUT2D eigenvalue weighted by molar-refractivity contribution is 5.93. The van der Waals surface area contributed by atoms with E-state index in [-0.39, 0.29) is 6.42 Å². The van der Waals surface area contributed by atoms with Gasteiger partial charge in [-0.1, -0.05) is 0 Å². The lowest BCUT2D eigenvalue weighted by atomic mass is 10.2. The summed E-state index contributed by atoms with van der Waals surface area (Å²) in [6, 6.07) is -0.611. The molecule has 1 aliphatic rings. The molecule has 0 saturated carbocycles. The Hall–Kier alpha value is -1.10. The molecule has 5 nitrogen and oxygen atoms in total. The Labute approximate surface area is 63.2 Å². The first-order valence-corrected chi connectivity index (χ1v) is 3.27. The highest BCUT2D eigenvalue weighted by atomic mass is 16.4. The van der Waals surface area contributed by atoms with Gasteiger partial charge in [0.05, 0.1) is 18.6 Å². The van der Waals surface area contributed by atoms with Crippen molar-refractivity contribution in [1.29, 1.82) is 0 Å². The van der Waals surface area contributed by atoms with Crippen molar-refractivity contribution in [1.82, 2.24) is 4.90 Å². The molecule has 0 radical (unpaired) electrons. The molecule has 5 heteroatoms. The van der Waals surface area contributed by atoms with E-state index in [9.17, 15) is 9.59 Å². The number of carbonyl (C=O) groups excluding carboxylic acids is 1. The van der Waals surface area contributed by atoms with Gasteiger partial charge in [0, 0.05) is 0 Å². The van der Waals surface area contributed by atoms with Gasteiger partial charge in [0.2, 0.25) is 5.91 Å². The monoisotopic (exact) mass is 159 g/mol. The van der Waals surface area contributed by atoms with Crippen LogP contribution < -0.4 is 0 Å². The van der Waals surface area contributed by atoms with E-state index in [0.717, 1.165) is 0 Å². The van der Waals surface area contributed by atoms with Gasteiger partial charge in [-0.2, -0.15) is 0 Å². The van der Waals surface area contributed by atoms with Crippen LogP contribution in [0.3, 0.4) is 0 Å². The van der Waals surface area contributed by atoms with Gasteiger partial charge in [-0.15, -0.1) is 0 Å². The van der Waals surface area contributed by atoms with Gasteiger partial charge >= 0.3 is 6.09 Å². The van der Waals surface area contributed by atoms with Crippen molar-refractivity contribution in [3.05, 3.63) is 0 Å². The van der Waals surface area contributed by atoms with Crippen LogP contribution in [0.5, 0.6) is 0 Å². The number of rotatable bonds is 0. The lowest BCUT2D eigenvalue weighted by molar-refractivity contribution is -0.126. The Bertz CT molecular complexity index is 203. The van der Waals surface area contributed by atoms with Crippen molar-refractivity contribution in [3.8, 4) is 0 Å². The second-order valence-corrected chi connectivity index (χ2v) is 2.56. The lowest BCUT2D eigenvalue weighted by Gasteiger charge is -2.16. The third-order valence-electron chi connectivity index (χ3n) is 1.82. The number of aliphatic hydroxyl groups is 1. The van der Waals surface area contributed by atoms with Crippen molar-refractivity contribution in [2.75, 3.05) is 0 Å². The normalized spacial score (nSPS) is 31.1. The summed E-state index contributed by atoms with van der Waals surface area (Å²) in [4.78, 5) is 21.8. The molecule has 2 atom stereocenters. The van der Waals surface area contributed by atoms with E-state index < -0.39 is 24.1 Å². The summed E-state index contributed by atoms with van der Waals surface area (Å²) in [6.07, 6.45) is -2.23. The molecule has 62 valence electrons. The Morgan fingerprint density at radius 3 is 2.45 bits per heavy atom. The minimum atomic E-state index is -1.29. The molecule has 0 aromatic carbocycles. The molecule has 0 bridgehead atoms. The van der Waals surface area contributed by atoms with E-state index >= 15 is 0 Å². The van der Waals surface area contributed by atoms with Gasteiger partial charge in [0.1, 0.15) is 0 Å². The maximum absolute atomic E-state index is 10.8. The standard InChI is InChI=1S/C6H9NO4/c1-3-4(8)2-5(9)7(3)6(10)11/h3-4,8H,2H2,1H3,(H,10,11)/t3-,4-/m0/s1. The smallest absolute Gasteiger partial charge is 0.414 e. The van der Waals surface area contributed by atoms with E-state index in [1.165, 1.54) is 6.92 Å². The quantitative estimate of drug-likeness (QED) is 0.506. The number of carboxylic acid groups (broad SMARTS) is 1. The molecule has 1 rings (SSSR count). The summed E-state index contributed by atoms with van der Waals surface area (Å²) in [5.74, 6) is -0.530. The molecule has 1 saturated heterocycles. The van der Waals surface area contributed by atoms with Crippen LogP contribution in [0.25, 0.3) is 0 Å². The first kappa shape index (κ1) is 8.00. The average Bonchev–Trinajstić information content (AvgIpc) is 2.07. The third kappa shape index (κ3) is 1.19. The van der Waals surface area contributed by atoms with E-state index in [4.69, 9.17) is 10.2 Å². The minimum absolute atomic E-state index is 0.0898. The summed E-state index contributed by atoms with van der Waals surface area (Å²) >= 11 is 0. The largest absolute Gasteiger partial charge is 0.465 e. The molecular formula is C6H9NO4. The van der Waals surface area contributed by atoms with Crippen molar-refractivity contribution in [2.45, 2.75) is 25.5 Å². The maximum atomic E-state index is 10.8. The Balaban J connectivity index is 2.79. The number of aliphatic hydroxyl groups excluding tert-OH is 1. The zero-order valence-electron chi connectivity index (χ0n) is 6.02. The lowest BCUT2D eigenvalue weighted by Crippen LogP contribution is -2.38. The van der Waals surface area contributed by atoms with Crippen molar-refractivity contribution in [3.63, 3.8) is 0 Å². The zero-order chi connectivity index (χ0) is 8.59. The van der Waals surface area contributed by atoms with Crippen LogP contribution in [-0.2, 0) is 4.79 Å². The molecule has 0 aromatic rings. The molecule has 2 amide bonds. The fraction of sp³-hybridized carbons (Fsp3) is 0.667. The molecule has 1 fully saturated rings. The fourth-order valence-electron chi connectivity index (χ4n) is 1.13. The Morgan fingerprint density at radius 1 is 1.73 bits per heavy atom. The van der Waals surface area contributed by atoms with Crippen LogP contribution in [0, 0.1) is 0 Å². The molecule has 0 spiro atoms. The number of nitrogens with zero attached hydrogens (tertiary/aromatic N) is 1. The maximum Gasteiger partial charge on any atom is 0.414 e. The van der Waals surface area contributed by atoms with Gasteiger partial charge in [0.15, 0.2) is 0 Å². The molecule has 11 heavy (non-hydrogen) atoms. The van der Waals surface area contributed by atoms with Gasteiger partial charge < -0.3 is 10.2 Å². The minimum Gasteiger partial charge on any atom is -0.465 e. The van der Waals surface area contributed by atoms with Gasteiger partial charge in [-0.25, -0.2) is 9.69 Å². The van der Waals surface area contributed by atoms with Crippen LogP contribution >= 0.6 is 0 Å². The van der Waals surface area contributed by atoms with Gasteiger partial charge in [0.25, 0.3) is 0 Å². The van der Waals surface area contributed by atoms with Crippen LogP contribution in [0.2, 0.25) is 0 Å². The Morgan fingerprint density at radius 2 is 2.27 bits per heavy atom. The van der Waals surface area contributed by atoms with Crippen molar-refractivity contribution >= 4 is 12.0 Å². The summed E-state index contributed by atoms with van der Waals surface area (Å²) in [5.41, 5.74) is 0. The summed E-state index contributed by atoms with van der Waals surface area (Å²) in [5, 5.41) is 17.5. The van der Waals surface area contributed by atoms with Crippen LogP contribution in [0.1, 0.15) is 13.3 Å². The summed E-state index contributed by atoms with van der Waals surface area (Å²) < 4.78 is 0. The predicted molar refractivity (Wildman–Crippen MR) is 35.0 cm³/mol. The number of hydrogen-bond donors (Lipinski definition) is 2. The number of carbonyl (C=O) groups is 2. The molecule has 1 heterocycles. The SMILES string of the molecule is C[C@H]1[C@@H](O)CC(=O)N1C(=O)O. The van der Waals surface area contributed by atoms with Gasteiger partial charge in [-0.3, -0.25) is 4.79 Å². The number of imide groups is 1. The number of hydrogen-bond acceptors (Lipinski definition) is 3. The highest BCUT2D eigenvalue weighted by Crippen LogP contribution is 2.18. The molecule has 1 aliphatic heterocycles. The second kappa shape index (κ2) is 2.50.